The van der Waals surface area contributed by atoms with Gasteiger partial charge in [-0.1, -0.05) is 78.4 Å². The molecule has 0 saturated carbocycles. The molecule has 0 heterocycles. The minimum Gasteiger partial charge on any atom is -0.508 e. The van der Waals surface area contributed by atoms with Gasteiger partial charge in [0.2, 0.25) is 0 Å². The topological polar surface area (TPSA) is 80.9 Å². The molecule has 4 N–H and O–H groups in total. The number of hydrogen-bond acceptors (Lipinski definition) is 4. The largest absolute Gasteiger partial charge is 0.508 e. The predicted octanol–water partition coefficient (Wildman–Crippen LogP) is 7.34. The molecule has 4 heteroatoms. The third kappa shape index (κ3) is 10.2. The zero-order chi connectivity index (χ0) is 24.8. The number of benzene rings is 5. The van der Waals surface area contributed by atoms with Crippen molar-refractivity contribution in [3.8, 4) is 23.0 Å². The summed E-state index contributed by atoms with van der Waals surface area (Å²) in [5.41, 5.74) is 2.26. The Bertz CT molecular complexity index is 1210. The molecule has 0 saturated heterocycles. The highest BCUT2D eigenvalue weighted by molar-refractivity contribution is 5.83. The minimum atomic E-state index is 0.322. The molecule has 0 spiro atoms. The van der Waals surface area contributed by atoms with E-state index in [1.165, 1.54) is 5.56 Å². The van der Waals surface area contributed by atoms with Crippen molar-refractivity contribution in [1.29, 1.82) is 0 Å². The summed E-state index contributed by atoms with van der Waals surface area (Å²) in [4.78, 5) is 0. The van der Waals surface area contributed by atoms with Crippen LogP contribution in [0.2, 0.25) is 0 Å². The fourth-order valence-electron chi connectivity index (χ4n) is 2.78. The second-order valence-corrected chi connectivity index (χ2v) is 7.54. The lowest BCUT2D eigenvalue weighted by Gasteiger charge is -1.96. The average molecular weight is 455 g/mol. The molecule has 0 aliphatic heterocycles. The van der Waals surface area contributed by atoms with Crippen molar-refractivity contribution in [2.75, 3.05) is 0 Å². The van der Waals surface area contributed by atoms with Gasteiger partial charge in [-0.05, 0) is 78.7 Å². The number of phenols is 4. The van der Waals surface area contributed by atoms with E-state index in [0.29, 0.717) is 23.0 Å². The minimum absolute atomic E-state index is 0.322. The summed E-state index contributed by atoms with van der Waals surface area (Å²) in [5.74, 6) is 1.31. The highest BCUT2D eigenvalue weighted by Crippen LogP contribution is 2.18. The Morgan fingerprint density at radius 3 is 1.35 bits per heavy atom. The third-order valence-corrected chi connectivity index (χ3v) is 4.52. The van der Waals surface area contributed by atoms with Crippen molar-refractivity contribution < 1.29 is 20.4 Å². The molecule has 0 aliphatic rings. The second kappa shape index (κ2) is 13.9. The van der Waals surface area contributed by atoms with E-state index in [1.54, 1.807) is 60.7 Å². The summed E-state index contributed by atoms with van der Waals surface area (Å²) < 4.78 is 0. The molecule has 174 valence electrons. The van der Waals surface area contributed by atoms with Gasteiger partial charge in [-0.25, -0.2) is 0 Å². The number of para-hydroxylation sites is 1. The Morgan fingerprint density at radius 1 is 0.353 bits per heavy atom. The van der Waals surface area contributed by atoms with Crippen LogP contribution in [0.4, 0.5) is 0 Å². The zero-order valence-corrected chi connectivity index (χ0v) is 19.3. The molecule has 0 atom stereocenters. The molecule has 34 heavy (non-hydrogen) atoms. The van der Waals surface area contributed by atoms with E-state index >= 15 is 0 Å². The number of rotatable bonds is 0. The molecule has 0 aromatic heterocycles. The first-order valence-corrected chi connectivity index (χ1v) is 10.8. The maximum absolute atomic E-state index is 9.13. The number of aryl methyl sites for hydroxylation is 2. The van der Waals surface area contributed by atoms with Crippen LogP contribution in [0.15, 0.2) is 121 Å². The SMILES string of the molecule is Cc1ccc(O)cc1.Cc1cccc(O)c1.Oc1ccc2ccccc2c1.Oc1ccccc1. The average Bonchev–Trinajstić information content (AvgIpc) is 2.82. The molecule has 5 aromatic carbocycles. The van der Waals surface area contributed by atoms with Crippen molar-refractivity contribution >= 4 is 10.8 Å². The Labute approximate surface area is 200 Å². The van der Waals surface area contributed by atoms with E-state index in [-0.39, 0.29) is 0 Å². The summed E-state index contributed by atoms with van der Waals surface area (Å²) in [6, 6.07) is 36.3. The van der Waals surface area contributed by atoms with Gasteiger partial charge in [-0.15, -0.1) is 0 Å². The van der Waals surface area contributed by atoms with E-state index in [4.69, 9.17) is 20.4 Å². The van der Waals surface area contributed by atoms with Gasteiger partial charge in [-0.2, -0.15) is 0 Å². The van der Waals surface area contributed by atoms with E-state index in [0.717, 1.165) is 16.3 Å². The lowest BCUT2D eigenvalue weighted by Crippen LogP contribution is -1.69. The Morgan fingerprint density at radius 2 is 0.853 bits per heavy atom. The fraction of sp³-hybridized carbons (Fsp3) is 0.0667. The molecule has 5 rings (SSSR count). The third-order valence-electron chi connectivity index (χ3n) is 4.52. The molecular formula is C30H30O4. The quantitative estimate of drug-likeness (QED) is 0.197. The first kappa shape index (κ1) is 25.8. The van der Waals surface area contributed by atoms with Crippen LogP contribution in [0.1, 0.15) is 11.1 Å². The first-order chi connectivity index (χ1) is 16.3. The number of phenolic OH excluding ortho intramolecular Hbond substituents is 4. The van der Waals surface area contributed by atoms with Crippen LogP contribution in [0.25, 0.3) is 10.8 Å². The van der Waals surface area contributed by atoms with Crippen molar-refractivity contribution in [2.45, 2.75) is 13.8 Å². The number of hydrogen-bond donors (Lipinski definition) is 4. The monoisotopic (exact) mass is 454 g/mol. The normalized spacial score (nSPS) is 9.35. The standard InChI is InChI=1S/C10H8O.2C7H8O.C6H6O/c11-10-6-5-8-3-1-2-4-9(8)7-10;1-6-2-4-7(8)5-3-6;1-6-3-2-4-7(8)5-6;7-6-4-2-1-3-5-6/h1-7,11H;2*2-5,8H,1H3;1-5,7H. The maximum Gasteiger partial charge on any atom is 0.116 e. The van der Waals surface area contributed by atoms with Gasteiger partial charge in [0.15, 0.2) is 0 Å². The van der Waals surface area contributed by atoms with Gasteiger partial charge in [0.05, 0.1) is 0 Å². The van der Waals surface area contributed by atoms with Crippen LogP contribution >= 0.6 is 0 Å². The molecule has 0 radical (unpaired) electrons. The molecule has 0 fully saturated rings. The number of fused-ring (bicyclic) bond motifs is 1. The molecule has 0 unspecified atom stereocenters. The predicted molar refractivity (Wildman–Crippen MR) is 139 cm³/mol. The molecule has 0 amide bonds. The summed E-state index contributed by atoms with van der Waals surface area (Å²) in [6.07, 6.45) is 0. The van der Waals surface area contributed by atoms with Gasteiger partial charge in [0.1, 0.15) is 23.0 Å². The maximum atomic E-state index is 9.13. The lowest BCUT2D eigenvalue weighted by atomic mass is 10.1. The molecule has 0 aliphatic carbocycles. The summed E-state index contributed by atoms with van der Waals surface area (Å²) in [7, 11) is 0. The fourth-order valence-corrected chi connectivity index (χ4v) is 2.78. The van der Waals surface area contributed by atoms with E-state index in [9.17, 15) is 0 Å². The van der Waals surface area contributed by atoms with Gasteiger partial charge in [0.25, 0.3) is 0 Å². The van der Waals surface area contributed by atoms with Crippen molar-refractivity contribution in [1.82, 2.24) is 0 Å². The van der Waals surface area contributed by atoms with Crippen molar-refractivity contribution in [2.24, 2.45) is 0 Å². The zero-order valence-electron chi connectivity index (χ0n) is 19.3. The lowest BCUT2D eigenvalue weighted by molar-refractivity contribution is 0.474. The number of aromatic hydroxyl groups is 4. The van der Waals surface area contributed by atoms with Crippen LogP contribution in [0.3, 0.4) is 0 Å². The van der Waals surface area contributed by atoms with Gasteiger partial charge in [-0.3, -0.25) is 0 Å². The van der Waals surface area contributed by atoms with Gasteiger partial charge >= 0.3 is 0 Å². The van der Waals surface area contributed by atoms with Crippen LogP contribution in [0, 0.1) is 13.8 Å². The smallest absolute Gasteiger partial charge is 0.116 e. The first-order valence-electron chi connectivity index (χ1n) is 10.8. The molecule has 0 bridgehead atoms. The van der Waals surface area contributed by atoms with E-state index in [1.807, 2.05) is 74.5 Å². The van der Waals surface area contributed by atoms with Crippen LogP contribution in [-0.2, 0) is 0 Å². The van der Waals surface area contributed by atoms with E-state index < -0.39 is 0 Å². The van der Waals surface area contributed by atoms with Gasteiger partial charge < -0.3 is 20.4 Å². The Balaban J connectivity index is 0.000000163. The van der Waals surface area contributed by atoms with Crippen LogP contribution in [0.5, 0.6) is 23.0 Å². The summed E-state index contributed by atoms with van der Waals surface area (Å²) >= 11 is 0. The summed E-state index contributed by atoms with van der Waals surface area (Å²) in [5, 5.41) is 37.6. The molecule has 4 nitrogen and oxygen atoms in total. The Kier molecular flexibility index (Phi) is 10.5. The molecule has 5 aromatic rings. The highest BCUT2D eigenvalue weighted by atomic mass is 16.3. The van der Waals surface area contributed by atoms with Crippen molar-refractivity contribution in [3.63, 3.8) is 0 Å². The van der Waals surface area contributed by atoms with Gasteiger partial charge in [0, 0.05) is 0 Å². The van der Waals surface area contributed by atoms with Crippen LogP contribution < -0.4 is 0 Å². The Hall–Kier alpha value is -4.44. The van der Waals surface area contributed by atoms with E-state index in [2.05, 4.69) is 0 Å². The van der Waals surface area contributed by atoms with Crippen molar-refractivity contribution in [3.05, 3.63) is 132 Å². The van der Waals surface area contributed by atoms with Crippen LogP contribution in [-0.4, -0.2) is 20.4 Å². The highest BCUT2D eigenvalue weighted by Gasteiger charge is 1.91. The second-order valence-electron chi connectivity index (χ2n) is 7.54. The molecular weight excluding hydrogens is 424 g/mol. The summed E-state index contributed by atoms with van der Waals surface area (Å²) in [6.45, 7) is 3.93.